The Labute approximate surface area is 193 Å². The lowest BCUT2D eigenvalue weighted by atomic mass is 10.1. The molecule has 0 bridgehead atoms. The highest BCUT2D eigenvalue weighted by Crippen LogP contribution is 2.30. The van der Waals surface area contributed by atoms with Crippen molar-refractivity contribution in [3.8, 4) is 17.2 Å². The fourth-order valence-electron chi connectivity index (χ4n) is 2.96. The third kappa shape index (κ3) is 4.79. The van der Waals surface area contributed by atoms with Crippen LogP contribution in [-0.4, -0.2) is 17.0 Å². The number of nitrogens with zero attached hydrogens (tertiary/aromatic N) is 1. The maximum absolute atomic E-state index is 12.7. The first-order chi connectivity index (χ1) is 14.8. The molecular formula is C23H17Cl3N2O3. The van der Waals surface area contributed by atoms with Gasteiger partial charge in [0.05, 0.1) is 5.02 Å². The van der Waals surface area contributed by atoms with Crippen molar-refractivity contribution in [1.29, 1.82) is 0 Å². The quantitative estimate of drug-likeness (QED) is 0.332. The van der Waals surface area contributed by atoms with Crippen molar-refractivity contribution in [2.24, 2.45) is 0 Å². The summed E-state index contributed by atoms with van der Waals surface area (Å²) in [6.45, 7) is 3.54. The summed E-state index contributed by atoms with van der Waals surface area (Å²) in [6, 6.07) is 15.7. The van der Waals surface area contributed by atoms with Crippen LogP contribution in [0, 0.1) is 6.92 Å². The van der Waals surface area contributed by atoms with Crippen LogP contribution in [-0.2, 0) is 4.79 Å². The molecule has 0 saturated carbocycles. The molecule has 0 aliphatic carbocycles. The Balaban J connectivity index is 1.54. The van der Waals surface area contributed by atoms with Gasteiger partial charge in [-0.2, -0.15) is 0 Å². The number of fused-ring (bicyclic) bond motifs is 1. The molecule has 31 heavy (non-hydrogen) atoms. The molecule has 3 aromatic carbocycles. The molecule has 0 radical (unpaired) electrons. The molecule has 8 heteroatoms. The highest BCUT2D eigenvalue weighted by Gasteiger charge is 2.18. The van der Waals surface area contributed by atoms with Crippen LogP contribution in [0.4, 0.5) is 5.69 Å². The molecule has 0 aliphatic rings. The third-order valence-electron chi connectivity index (χ3n) is 4.66. The van der Waals surface area contributed by atoms with Gasteiger partial charge >= 0.3 is 0 Å². The number of halogens is 3. The Morgan fingerprint density at radius 2 is 1.77 bits per heavy atom. The molecule has 1 N–H and O–H groups in total. The average molecular weight is 476 g/mol. The zero-order valence-corrected chi connectivity index (χ0v) is 18.8. The van der Waals surface area contributed by atoms with Gasteiger partial charge < -0.3 is 14.5 Å². The number of oxazole rings is 1. The number of ether oxygens (including phenoxy) is 1. The molecule has 158 valence electrons. The van der Waals surface area contributed by atoms with Crippen LogP contribution in [0.5, 0.6) is 5.75 Å². The summed E-state index contributed by atoms with van der Waals surface area (Å²) >= 11 is 18.1. The minimum Gasteiger partial charge on any atom is -0.479 e. The van der Waals surface area contributed by atoms with E-state index in [1.165, 1.54) is 0 Å². The van der Waals surface area contributed by atoms with Crippen LogP contribution in [0.1, 0.15) is 12.5 Å². The third-order valence-corrected chi connectivity index (χ3v) is 5.42. The van der Waals surface area contributed by atoms with Crippen molar-refractivity contribution < 1.29 is 13.9 Å². The monoisotopic (exact) mass is 474 g/mol. The van der Waals surface area contributed by atoms with Gasteiger partial charge in [0, 0.05) is 21.3 Å². The molecular weight excluding hydrogens is 459 g/mol. The lowest BCUT2D eigenvalue weighted by Crippen LogP contribution is -2.30. The molecule has 0 spiro atoms. The fraction of sp³-hybridized carbons (Fsp3) is 0.130. The van der Waals surface area contributed by atoms with Gasteiger partial charge in [0.2, 0.25) is 5.89 Å². The number of benzene rings is 3. The van der Waals surface area contributed by atoms with Crippen LogP contribution < -0.4 is 10.1 Å². The molecule has 1 unspecified atom stereocenters. The number of hydrogen-bond acceptors (Lipinski definition) is 4. The minimum absolute atomic E-state index is 0.324. The summed E-state index contributed by atoms with van der Waals surface area (Å²) in [5.74, 6) is 0.491. The van der Waals surface area contributed by atoms with E-state index < -0.39 is 6.10 Å². The molecule has 0 saturated heterocycles. The van der Waals surface area contributed by atoms with Crippen LogP contribution in [0.3, 0.4) is 0 Å². The number of carbonyl (C=O) groups is 1. The number of hydrogen-bond donors (Lipinski definition) is 1. The zero-order chi connectivity index (χ0) is 22.1. The van der Waals surface area contributed by atoms with E-state index in [1.54, 1.807) is 43.3 Å². The van der Waals surface area contributed by atoms with E-state index in [1.807, 2.05) is 25.1 Å². The summed E-state index contributed by atoms with van der Waals surface area (Å²) in [4.78, 5) is 17.2. The number of aryl methyl sites for hydroxylation is 1. The first kappa shape index (κ1) is 21.5. The van der Waals surface area contributed by atoms with Gasteiger partial charge in [-0.1, -0.05) is 40.9 Å². The molecule has 0 aliphatic heterocycles. The lowest BCUT2D eigenvalue weighted by Gasteiger charge is -2.17. The Morgan fingerprint density at radius 3 is 2.55 bits per heavy atom. The molecule has 5 nitrogen and oxygen atoms in total. The number of aromatic nitrogens is 1. The van der Waals surface area contributed by atoms with Crippen LogP contribution >= 0.6 is 34.8 Å². The summed E-state index contributed by atoms with van der Waals surface area (Å²) in [5.41, 5.74) is 3.53. The summed E-state index contributed by atoms with van der Waals surface area (Å²) in [6.07, 6.45) is -0.784. The van der Waals surface area contributed by atoms with E-state index >= 15 is 0 Å². The molecule has 4 rings (SSSR count). The van der Waals surface area contributed by atoms with Gasteiger partial charge in [-0.15, -0.1) is 0 Å². The predicted octanol–water partition coefficient (Wildman–Crippen LogP) is 7.17. The maximum Gasteiger partial charge on any atom is 0.265 e. The van der Waals surface area contributed by atoms with Crippen molar-refractivity contribution in [1.82, 2.24) is 4.98 Å². The van der Waals surface area contributed by atoms with E-state index in [0.29, 0.717) is 43.5 Å². The highest BCUT2D eigenvalue weighted by molar-refractivity contribution is 6.35. The van der Waals surface area contributed by atoms with E-state index in [0.717, 1.165) is 11.1 Å². The molecule has 4 aromatic rings. The Bertz CT molecular complexity index is 1290. The number of amides is 1. The summed E-state index contributed by atoms with van der Waals surface area (Å²) < 4.78 is 11.5. The molecule has 1 heterocycles. The molecule has 1 amide bonds. The van der Waals surface area contributed by atoms with Gasteiger partial charge in [-0.3, -0.25) is 4.79 Å². The van der Waals surface area contributed by atoms with E-state index in [4.69, 9.17) is 44.0 Å². The van der Waals surface area contributed by atoms with Gasteiger partial charge in [0.25, 0.3) is 5.91 Å². The molecule has 1 aromatic heterocycles. The first-order valence-corrected chi connectivity index (χ1v) is 10.5. The SMILES string of the molecule is Cc1ccc(-c2nc3cc(Cl)ccc3o2)cc1NC(=O)C(C)Oc1ccc(Cl)cc1Cl. The van der Waals surface area contributed by atoms with Crippen LogP contribution in [0.25, 0.3) is 22.6 Å². The summed E-state index contributed by atoms with van der Waals surface area (Å²) in [5, 5.41) is 4.30. The van der Waals surface area contributed by atoms with E-state index in [-0.39, 0.29) is 5.91 Å². The topological polar surface area (TPSA) is 64.4 Å². The van der Waals surface area contributed by atoms with Crippen molar-refractivity contribution in [3.63, 3.8) is 0 Å². The first-order valence-electron chi connectivity index (χ1n) is 9.40. The maximum atomic E-state index is 12.7. The molecule has 0 fully saturated rings. The van der Waals surface area contributed by atoms with E-state index in [9.17, 15) is 4.79 Å². The highest BCUT2D eigenvalue weighted by atomic mass is 35.5. The Kier molecular flexibility index (Phi) is 6.10. The van der Waals surface area contributed by atoms with Gasteiger partial charge in [0.15, 0.2) is 11.7 Å². The van der Waals surface area contributed by atoms with Gasteiger partial charge in [0.1, 0.15) is 11.3 Å². The normalized spacial score (nSPS) is 12.0. The van der Waals surface area contributed by atoms with Crippen molar-refractivity contribution in [2.45, 2.75) is 20.0 Å². The van der Waals surface area contributed by atoms with Crippen LogP contribution in [0.2, 0.25) is 15.1 Å². The smallest absolute Gasteiger partial charge is 0.265 e. The van der Waals surface area contributed by atoms with Crippen molar-refractivity contribution in [3.05, 3.63) is 75.2 Å². The average Bonchev–Trinajstić information content (AvgIpc) is 3.14. The van der Waals surface area contributed by atoms with Gasteiger partial charge in [-0.25, -0.2) is 4.98 Å². The fourth-order valence-corrected chi connectivity index (χ4v) is 3.58. The largest absolute Gasteiger partial charge is 0.479 e. The Morgan fingerprint density at radius 1 is 1.03 bits per heavy atom. The minimum atomic E-state index is -0.784. The van der Waals surface area contributed by atoms with Crippen LogP contribution in [0.15, 0.2) is 59.0 Å². The van der Waals surface area contributed by atoms with Gasteiger partial charge in [-0.05, 0) is 67.9 Å². The Hall–Kier alpha value is -2.73. The number of rotatable bonds is 5. The standard InChI is InChI=1S/C23H17Cl3N2O3/c1-12-3-4-14(23-28-19-11-16(25)6-8-21(19)31-23)9-18(12)27-22(29)13(2)30-20-7-5-15(24)10-17(20)26/h3-11,13H,1-2H3,(H,27,29). The van der Waals surface area contributed by atoms with Crippen molar-refractivity contribution >= 4 is 57.5 Å². The number of carbonyl (C=O) groups excluding carboxylic acids is 1. The summed E-state index contributed by atoms with van der Waals surface area (Å²) in [7, 11) is 0. The second-order valence-corrected chi connectivity index (χ2v) is 8.26. The lowest BCUT2D eigenvalue weighted by molar-refractivity contribution is -0.122. The second-order valence-electron chi connectivity index (χ2n) is 6.98. The second kappa shape index (κ2) is 8.79. The number of nitrogens with one attached hydrogen (secondary N) is 1. The van der Waals surface area contributed by atoms with Crippen molar-refractivity contribution in [2.75, 3.05) is 5.32 Å². The number of anilines is 1. The predicted molar refractivity (Wildman–Crippen MR) is 124 cm³/mol. The zero-order valence-electron chi connectivity index (χ0n) is 16.6. The van der Waals surface area contributed by atoms with E-state index in [2.05, 4.69) is 10.3 Å². The molecule has 1 atom stereocenters.